The molecule has 0 aromatic carbocycles. The SMILES string of the molecule is Cc1cc[nH]c(=O)c1C(=O)N1CCN(C)[C@@H](c2nccn2C)C1. The normalized spacial score (nSPS) is 19.1. The van der Waals surface area contributed by atoms with Crippen LogP contribution in [0.5, 0.6) is 0 Å². The van der Waals surface area contributed by atoms with E-state index in [2.05, 4.69) is 14.9 Å². The summed E-state index contributed by atoms with van der Waals surface area (Å²) in [5.74, 6) is 0.709. The third-order valence-electron chi connectivity index (χ3n) is 4.47. The summed E-state index contributed by atoms with van der Waals surface area (Å²) in [7, 11) is 3.98. The van der Waals surface area contributed by atoms with Crippen molar-refractivity contribution in [3.05, 3.63) is 52.0 Å². The zero-order valence-corrected chi connectivity index (χ0v) is 13.6. The fourth-order valence-electron chi connectivity index (χ4n) is 3.04. The molecule has 2 aromatic rings. The highest BCUT2D eigenvalue weighted by Crippen LogP contribution is 2.23. The molecule has 1 amide bonds. The van der Waals surface area contributed by atoms with Crippen molar-refractivity contribution < 1.29 is 4.79 Å². The van der Waals surface area contributed by atoms with Crippen LogP contribution in [-0.2, 0) is 7.05 Å². The molecule has 1 atom stereocenters. The number of likely N-dealkylation sites (N-methyl/N-ethyl adjacent to an activating group) is 1. The number of carbonyl (C=O) groups is 1. The Bertz CT molecular complexity index is 779. The Morgan fingerprint density at radius 1 is 1.35 bits per heavy atom. The minimum Gasteiger partial charge on any atom is -0.337 e. The van der Waals surface area contributed by atoms with Crippen molar-refractivity contribution in [3.8, 4) is 0 Å². The number of aromatic amines is 1. The number of aromatic nitrogens is 3. The molecule has 0 spiro atoms. The lowest BCUT2D eigenvalue weighted by molar-refractivity contribution is 0.0526. The molecule has 7 nitrogen and oxygen atoms in total. The summed E-state index contributed by atoms with van der Waals surface area (Å²) in [5, 5.41) is 0. The van der Waals surface area contributed by atoms with Crippen molar-refractivity contribution in [2.45, 2.75) is 13.0 Å². The second-order valence-corrected chi connectivity index (χ2v) is 6.01. The number of nitrogens with one attached hydrogen (secondary N) is 1. The summed E-state index contributed by atoms with van der Waals surface area (Å²) in [4.78, 5) is 35.8. The molecule has 0 radical (unpaired) electrons. The van der Waals surface area contributed by atoms with Gasteiger partial charge in [-0.2, -0.15) is 0 Å². The van der Waals surface area contributed by atoms with E-state index in [1.54, 1.807) is 30.3 Å². The molecule has 0 aliphatic carbocycles. The van der Waals surface area contributed by atoms with Crippen molar-refractivity contribution in [1.82, 2.24) is 24.3 Å². The van der Waals surface area contributed by atoms with Crippen LogP contribution < -0.4 is 5.56 Å². The molecule has 3 rings (SSSR count). The number of rotatable bonds is 2. The maximum atomic E-state index is 12.8. The monoisotopic (exact) mass is 315 g/mol. The van der Waals surface area contributed by atoms with Crippen LogP contribution in [-0.4, -0.2) is 56.9 Å². The van der Waals surface area contributed by atoms with Crippen LogP contribution in [0.15, 0.2) is 29.5 Å². The lowest BCUT2D eigenvalue weighted by Gasteiger charge is -2.39. The van der Waals surface area contributed by atoms with Crippen molar-refractivity contribution in [1.29, 1.82) is 0 Å². The Morgan fingerprint density at radius 2 is 2.13 bits per heavy atom. The van der Waals surface area contributed by atoms with Crippen LogP contribution in [0.1, 0.15) is 27.8 Å². The largest absolute Gasteiger partial charge is 0.337 e. The fourth-order valence-corrected chi connectivity index (χ4v) is 3.04. The van der Waals surface area contributed by atoms with Gasteiger partial charge in [-0.05, 0) is 25.6 Å². The zero-order chi connectivity index (χ0) is 16.6. The molecule has 1 saturated heterocycles. The first-order valence-electron chi connectivity index (χ1n) is 7.64. The second-order valence-electron chi connectivity index (χ2n) is 6.01. The highest BCUT2D eigenvalue weighted by molar-refractivity contribution is 5.95. The van der Waals surface area contributed by atoms with Crippen molar-refractivity contribution >= 4 is 5.91 Å². The zero-order valence-electron chi connectivity index (χ0n) is 13.6. The molecular formula is C16H21N5O2. The van der Waals surface area contributed by atoms with E-state index < -0.39 is 0 Å². The first-order valence-corrected chi connectivity index (χ1v) is 7.64. The lowest BCUT2D eigenvalue weighted by atomic mass is 10.1. The quantitative estimate of drug-likeness (QED) is 0.878. The molecule has 0 saturated carbocycles. The van der Waals surface area contributed by atoms with Crippen LogP contribution >= 0.6 is 0 Å². The number of carbonyl (C=O) groups excluding carboxylic acids is 1. The summed E-state index contributed by atoms with van der Waals surface area (Å²) < 4.78 is 1.97. The highest BCUT2D eigenvalue weighted by atomic mass is 16.2. The summed E-state index contributed by atoms with van der Waals surface area (Å²) in [5.41, 5.74) is 0.601. The van der Waals surface area contributed by atoms with Gasteiger partial charge in [0.1, 0.15) is 11.4 Å². The number of hydrogen-bond donors (Lipinski definition) is 1. The second kappa shape index (κ2) is 6.00. The number of imidazole rings is 1. The van der Waals surface area contributed by atoms with E-state index >= 15 is 0 Å². The van der Waals surface area contributed by atoms with Crippen LogP contribution in [0.25, 0.3) is 0 Å². The number of nitrogens with zero attached hydrogens (tertiary/aromatic N) is 4. The van der Waals surface area contributed by atoms with Crippen LogP contribution in [0.3, 0.4) is 0 Å². The van der Waals surface area contributed by atoms with E-state index in [9.17, 15) is 9.59 Å². The Kier molecular flexibility index (Phi) is 4.04. The predicted molar refractivity (Wildman–Crippen MR) is 86.3 cm³/mol. The topological polar surface area (TPSA) is 74.2 Å². The summed E-state index contributed by atoms with van der Waals surface area (Å²) in [6, 6.07) is 1.77. The summed E-state index contributed by atoms with van der Waals surface area (Å²) >= 11 is 0. The van der Waals surface area contributed by atoms with Crippen LogP contribution in [0.2, 0.25) is 0 Å². The number of hydrogen-bond acceptors (Lipinski definition) is 4. The minimum atomic E-state index is -0.331. The minimum absolute atomic E-state index is 0.0239. The van der Waals surface area contributed by atoms with E-state index in [4.69, 9.17) is 0 Å². The molecule has 1 fully saturated rings. The van der Waals surface area contributed by atoms with Crippen molar-refractivity contribution in [2.24, 2.45) is 7.05 Å². The Labute approximate surface area is 134 Å². The van der Waals surface area contributed by atoms with Gasteiger partial charge in [0.2, 0.25) is 0 Å². The van der Waals surface area contributed by atoms with Gasteiger partial charge in [-0.25, -0.2) is 4.98 Å². The molecule has 0 unspecified atom stereocenters. The number of H-pyrrole nitrogens is 1. The van der Waals surface area contributed by atoms with Gasteiger partial charge in [0.25, 0.3) is 11.5 Å². The highest BCUT2D eigenvalue weighted by Gasteiger charge is 2.32. The maximum absolute atomic E-state index is 12.8. The molecule has 122 valence electrons. The van der Waals surface area contributed by atoms with Crippen molar-refractivity contribution in [2.75, 3.05) is 26.7 Å². The van der Waals surface area contributed by atoms with Gasteiger partial charge >= 0.3 is 0 Å². The smallest absolute Gasteiger partial charge is 0.261 e. The van der Waals surface area contributed by atoms with Crippen LogP contribution in [0.4, 0.5) is 0 Å². The Hall–Kier alpha value is -2.41. The standard InChI is InChI=1S/C16H21N5O2/c1-11-4-5-18-15(22)13(11)16(23)21-9-8-19(2)12(10-21)14-17-6-7-20(14)3/h4-7,12H,8-10H2,1-3H3,(H,18,22)/t12-/m1/s1. The average molecular weight is 315 g/mol. The van der Waals surface area contributed by atoms with Gasteiger partial charge < -0.3 is 14.5 Å². The molecule has 23 heavy (non-hydrogen) atoms. The molecule has 1 N–H and O–H groups in total. The van der Waals surface area contributed by atoms with Gasteiger partial charge in [0, 0.05) is 45.3 Å². The number of aryl methyl sites for hydroxylation is 2. The summed E-state index contributed by atoms with van der Waals surface area (Å²) in [6.07, 6.45) is 5.22. The number of pyridine rings is 1. The number of piperazine rings is 1. The molecule has 2 aromatic heterocycles. The third-order valence-corrected chi connectivity index (χ3v) is 4.47. The van der Waals surface area contributed by atoms with E-state index in [0.29, 0.717) is 18.7 Å². The molecule has 3 heterocycles. The summed E-state index contributed by atoms with van der Waals surface area (Å²) in [6.45, 7) is 3.65. The fraction of sp³-hybridized carbons (Fsp3) is 0.438. The van der Waals surface area contributed by atoms with Gasteiger partial charge in [-0.1, -0.05) is 0 Å². The third kappa shape index (κ3) is 2.79. The Morgan fingerprint density at radius 3 is 2.78 bits per heavy atom. The van der Waals surface area contributed by atoms with Gasteiger partial charge in [0.15, 0.2) is 0 Å². The van der Waals surface area contributed by atoms with E-state index in [1.165, 1.54) is 0 Å². The average Bonchev–Trinajstić information content (AvgIpc) is 2.93. The molecule has 1 aliphatic rings. The van der Waals surface area contributed by atoms with E-state index in [-0.39, 0.29) is 23.1 Å². The van der Waals surface area contributed by atoms with Gasteiger partial charge in [0.05, 0.1) is 6.04 Å². The maximum Gasteiger partial charge on any atom is 0.261 e. The van der Waals surface area contributed by atoms with E-state index in [1.807, 2.05) is 24.9 Å². The molecule has 0 bridgehead atoms. The molecule has 1 aliphatic heterocycles. The van der Waals surface area contributed by atoms with Crippen molar-refractivity contribution in [3.63, 3.8) is 0 Å². The van der Waals surface area contributed by atoms with E-state index in [0.717, 1.165) is 12.4 Å². The van der Waals surface area contributed by atoms with Crippen LogP contribution in [0, 0.1) is 6.92 Å². The van der Waals surface area contributed by atoms with Gasteiger partial charge in [-0.15, -0.1) is 0 Å². The molecular weight excluding hydrogens is 294 g/mol. The predicted octanol–water partition coefficient (Wildman–Crippen LogP) is 0.546. The first kappa shape index (κ1) is 15.5. The lowest BCUT2D eigenvalue weighted by Crippen LogP contribution is -2.50. The Balaban J connectivity index is 1.88. The first-order chi connectivity index (χ1) is 11.0. The molecule has 7 heteroatoms. The number of amides is 1. The van der Waals surface area contributed by atoms with Gasteiger partial charge in [-0.3, -0.25) is 14.5 Å².